The highest BCUT2D eigenvalue weighted by molar-refractivity contribution is 8.77. The van der Waals surface area contributed by atoms with E-state index in [1.54, 1.807) is 7.11 Å². The van der Waals surface area contributed by atoms with Gasteiger partial charge in [-0.15, -0.1) is 0 Å². The number of nitrogen functional groups attached to an aromatic ring is 1. The lowest BCUT2D eigenvalue weighted by atomic mass is 10.1. The van der Waals surface area contributed by atoms with Crippen molar-refractivity contribution in [3.8, 4) is 22.8 Å². The summed E-state index contributed by atoms with van der Waals surface area (Å²) in [6, 6.07) is 17.5. The van der Waals surface area contributed by atoms with Crippen LogP contribution in [0.4, 0.5) is 5.82 Å². The van der Waals surface area contributed by atoms with Crippen molar-refractivity contribution in [2.45, 2.75) is 17.9 Å². The molecule has 0 bridgehead atoms. The third-order valence-corrected chi connectivity index (χ3v) is 8.02. The second-order valence-corrected chi connectivity index (χ2v) is 9.77. The fourth-order valence-corrected chi connectivity index (χ4v) is 6.69. The van der Waals surface area contributed by atoms with Gasteiger partial charge in [-0.1, -0.05) is 39.8 Å². The van der Waals surface area contributed by atoms with Crippen LogP contribution in [-0.4, -0.2) is 44.0 Å². The van der Waals surface area contributed by atoms with Crippen LogP contribution in [0.15, 0.2) is 60.9 Å². The summed E-state index contributed by atoms with van der Waals surface area (Å²) in [5, 5.41) is 5.94. The summed E-state index contributed by atoms with van der Waals surface area (Å²) in [6.07, 6.45) is 1.67. The van der Waals surface area contributed by atoms with Crippen LogP contribution < -0.4 is 10.5 Å². The van der Waals surface area contributed by atoms with Crippen LogP contribution >= 0.6 is 21.6 Å². The Morgan fingerprint density at radius 3 is 2.61 bits per heavy atom. The topological polar surface area (TPSA) is 88.1 Å². The van der Waals surface area contributed by atoms with Crippen LogP contribution in [0.2, 0.25) is 0 Å². The maximum atomic E-state index is 6.24. The van der Waals surface area contributed by atoms with Crippen LogP contribution in [-0.2, 0) is 11.3 Å². The van der Waals surface area contributed by atoms with Crippen LogP contribution in [0.25, 0.3) is 22.3 Å². The summed E-state index contributed by atoms with van der Waals surface area (Å²) in [5.74, 6) is 2.94. The van der Waals surface area contributed by atoms with Crippen molar-refractivity contribution in [3.05, 3.63) is 60.9 Å². The van der Waals surface area contributed by atoms with E-state index in [1.807, 2.05) is 80.9 Å². The second-order valence-electron chi connectivity index (χ2n) is 7.12. The van der Waals surface area contributed by atoms with E-state index in [0.717, 1.165) is 39.5 Å². The van der Waals surface area contributed by atoms with Crippen LogP contribution in [0.5, 0.6) is 11.5 Å². The molecule has 1 unspecified atom stereocenters. The van der Waals surface area contributed by atoms with Crippen molar-refractivity contribution in [2.75, 3.05) is 18.6 Å². The number of ether oxygens (including phenoxy) is 2. The van der Waals surface area contributed by atoms with E-state index in [0.29, 0.717) is 17.6 Å². The van der Waals surface area contributed by atoms with Gasteiger partial charge in [0.15, 0.2) is 5.65 Å². The first-order valence-corrected chi connectivity index (χ1v) is 12.2. The monoisotopic (exact) mass is 451 g/mol. The predicted molar refractivity (Wildman–Crippen MR) is 126 cm³/mol. The maximum Gasteiger partial charge on any atom is 0.164 e. The number of hydrogen-bond donors (Lipinski definition) is 1. The Kier molecular flexibility index (Phi) is 5.71. The molecule has 7 nitrogen and oxygen atoms in total. The zero-order valence-electron chi connectivity index (χ0n) is 16.8. The first-order chi connectivity index (χ1) is 15.2. The molecule has 5 rings (SSSR count). The van der Waals surface area contributed by atoms with Gasteiger partial charge in [0.1, 0.15) is 29.3 Å². The normalized spacial score (nSPS) is 18.5. The fraction of sp³-hybridized carbons (Fsp3) is 0.227. The molecule has 0 spiro atoms. The van der Waals surface area contributed by atoms with Gasteiger partial charge in [-0.3, -0.25) is 0 Å². The van der Waals surface area contributed by atoms with Crippen LogP contribution in [0.1, 0.15) is 0 Å². The number of para-hydroxylation sites is 1. The van der Waals surface area contributed by atoms with E-state index in [1.165, 1.54) is 6.33 Å². The summed E-state index contributed by atoms with van der Waals surface area (Å²) in [6.45, 7) is 0.693. The molecule has 9 heteroatoms. The molecule has 2 N–H and O–H groups in total. The number of aromatic nitrogens is 4. The van der Waals surface area contributed by atoms with Crippen molar-refractivity contribution >= 4 is 38.4 Å². The third kappa shape index (κ3) is 4.08. The average molecular weight is 452 g/mol. The smallest absolute Gasteiger partial charge is 0.164 e. The molecule has 0 radical (unpaired) electrons. The van der Waals surface area contributed by atoms with Crippen molar-refractivity contribution in [1.82, 2.24) is 19.7 Å². The number of anilines is 1. The fourth-order valence-electron chi connectivity index (χ4n) is 3.57. The zero-order chi connectivity index (χ0) is 21.2. The van der Waals surface area contributed by atoms with E-state index in [2.05, 4.69) is 9.97 Å². The molecular weight excluding hydrogens is 430 g/mol. The summed E-state index contributed by atoms with van der Waals surface area (Å²) >= 11 is 0. The van der Waals surface area contributed by atoms with E-state index in [-0.39, 0.29) is 6.10 Å². The third-order valence-electron chi connectivity index (χ3n) is 5.16. The number of benzene rings is 2. The Bertz CT molecular complexity index is 1180. The number of methoxy groups -OCH3 is 1. The first kappa shape index (κ1) is 20.2. The molecule has 3 heterocycles. The predicted octanol–water partition coefficient (Wildman–Crippen LogP) is 4.65. The summed E-state index contributed by atoms with van der Waals surface area (Å²) < 4.78 is 13.5. The average Bonchev–Trinajstić information content (AvgIpc) is 3.41. The molecule has 1 fully saturated rings. The summed E-state index contributed by atoms with van der Waals surface area (Å²) in [4.78, 5) is 8.68. The van der Waals surface area contributed by atoms with Gasteiger partial charge in [-0.2, -0.15) is 5.10 Å². The van der Waals surface area contributed by atoms with Gasteiger partial charge in [0.2, 0.25) is 0 Å². The zero-order valence-corrected chi connectivity index (χ0v) is 18.5. The molecule has 0 aliphatic carbocycles. The number of nitrogens with two attached hydrogens (primary N) is 1. The van der Waals surface area contributed by atoms with Gasteiger partial charge >= 0.3 is 0 Å². The molecule has 2 atom stereocenters. The van der Waals surface area contributed by atoms with Crippen molar-refractivity contribution < 1.29 is 9.47 Å². The molecule has 2 aromatic heterocycles. The minimum absolute atomic E-state index is 0.186. The molecule has 0 saturated carbocycles. The lowest BCUT2D eigenvalue weighted by molar-refractivity contribution is 0.117. The first-order valence-electron chi connectivity index (χ1n) is 9.84. The van der Waals surface area contributed by atoms with Gasteiger partial charge in [-0.25, -0.2) is 14.6 Å². The maximum absolute atomic E-state index is 6.24. The Morgan fingerprint density at radius 2 is 1.84 bits per heavy atom. The van der Waals surface area contributed by atoms with Gasteiger partial charge in [-0.05, 0) is 36.4 Å². The molecule has 158 valence electrons. The van der Waals surface area contributed by atoms with E-state index in [9.17, 15) is 0 Å². The number of fused-ring (bicyclic) bond motifs is 1. The van der Waals surface area contributed by atoms with Crippen LogP contribution in [0, 0.1) is 0 Å². The molecule has 1 saturated heterocycles. The van der Waals surface area contributed by atoms with Gasteiger partial charge < -0.3 is 15.2 Å². The Hall–Kier alpha value is -2.75. The summed E-state index contributed by atoms with van der Waals surface area (Å²) in [7, 11) is 5.42. The Morgan fingerprint density at radius 1 is 1.06 bits per heavy atom. The molecule has 0 amide bonds. The quantitative estimate of drug-likeness (QED) is 0.424. The number of nitrogens with zero attached hydrogens (tertiary/aromatic N) is 4. The van der Waals surface area contributed by atoms with Gasteiger partial charge in [0, 0.05) is 18.4 Å². The molecule has 31 heavy (non-hydrogen) atoms. The Labute approximate surface area is 187 Å². The standard InChI is InChI=1S/C22H21N5O2S2/c1-28-17-12-30-31-18(17)11-27-22-19(21(23)24-13-25-22)20(26-27)14-7-9-16(10-8-14)29-15-5-3-2-4-6-15/h2-10,13,17-18H,11-12H2,1H3,(H2,23,24,25)/t17-,18?/m1/s1. The minimum atomic E-state index is 0.186. The van der Waals surface area contributed by atoms with E-state index >= 15 is 0 Å². The highest BCUT2D eigenvalue weighted by Gasteiger charge is 2.30. The molecule has 4 aromatic rings. The summed E-state index contributed by atoms with van der Waals surface area (Å²) in [5.41, 5.74) is 8.67. The number of rotatable bonds is 6. The second kappa shape index (κ2) is 8.78. The molecule has 1 aliphatic rings. The lowest BCUT2D eigenvalue weighted by Crippen LogP contribution is -2.27. The van der Waals surface area contributed by atoms with Crippen LogP contribution in [0.3, 0.4) is 0 Å². The van der Waals surface area contributed by atoms with Crippen molar-refractivity contribution in [3.63, 3.8) is 0 Å². The highest BCUT2D eigenvalue weighted by atomic mass is 33.1. The SMILES string of the molecule is CO[C@@H]1CSSC1Cn1nc(-c2ccc(Oc3ccccc3)cc2)c2c(N)ncnc21. The Balaban J connectivity index is 1.48. The van der Waals surface area contributed by atoms with Gasteiger partial charge in [0.05, 0.1) is 23.3 Å². The molecule has 1 aliphatic heterocycles. The highest BCUT2D eigenvalue weighted by Crippen LogP contribution is 2.41. The largest absolute Gasteiger partial charge is 0.457 e. The van der Waals surface area contributed by atoms with Gasteiger partial charge in [0.25, 0.3) is 0 Å². The van der Waals surface area contributed by atoms with Crippen molar-refractivity contribution in [2.24, 2.45) is 0 Å². The molecule has 2 aromatic carbocycles. The van der Waals surface area contributed by atoms with Crippen molar-refractivity contribution in [1.29, 1.82) is 0 Å². The molecular formula is C22H21N5O2S2. The minimum Gasteiger partial charge on any atom is -0.457 e. The van der Waals surface area contributed by atoms with E-state index < -0.39 is 0 Å². The van der Waals surface area contributed by atoms with E-state index in [4.69, 9.17) is 20.3 Å². The number of hydrogen-bond acceptors (Lipinski definition) is 8. The lowest BCUT2D eigenvalue weighted by Gasteiger charge is -2.16.